The number of hydrogen-bond acceptors (Lipinski definition) is 3. The zero-order valence-electron chi connectivity index (χ0n) is 23.9. The van der Waals surface area contributed by atoms with Crippen LogP contribution in [0.25, 0.3) is 0 Å². The smallest absolute Gasteiger partial charge is 0.248 e. The van der Waals surface area contributed by atoms with E-state index >= 15 is 0 Å². The minimum absolute atomic E-state index is 0.139. The largest absolute Gasteiger partial charge is 0.497 e. The highest BCUT2D eigenvalue weighted by atomic mass is 19.1. The fourth-order valence-corrected chi connectivity index (χ4v) is 5.98. The topological polar surface area (TPSA) is 58.6 Å². The molecule has 0 radical (unpaired) electrons. The highest BCUT2D eigenvalue weighted by Crippen LogP contribution is 2.40. The van der Waals surface area contributed by atoms with Gasteiger partial charge in [0.15, 0.2) is 0 Å². The van der Waals surface area contributed by atoms with Crippen LogP contribution in [-0.4, -0.2) is 18.9 Å². The van der Waals surface area contributed by atoms with Crippen LogP contribution < -0.4 is 15.0 Å². The number of ether oxygens (including phenoxy) is 1. The van der Waals surface area contributed by atoms with Gasteiger partial charge in [-0.3, -0.25) is 14.5 Å². The van der Waals surface area contributed by atoms with Gasteiger partial charge in [0, 0.05) is 12.2 Å². The van der Waals surface area contributed by atoms with Crippen molar-refractivity contribution in [3.63, 3.8) is 0 Å². The molecule has 1 fully saturated rings. The van der Waals surface area contributed by atoms with Crippen LogP contribution in [0.15, 0.2) is 109 Å². The third-order valence-corrected chi connectivity index (χ3v) is 8.14. The second-order valence-corrected chi connectivity index (χ2v) is 10.9. The Labute approximate surface area is 247 Å². The van der Waals surface area contributed by atoms with Gasteiger partial charge in [0.25, 0.3) is 0 Å². The summed E-state index contributed by atoms with van der Waals surface area (Å²) in [5.41, 5.74) is 2.98. The molecule has 1 saturated carbocycles. The number of anilines is 1. The highest BCUT2D eigenvalue weighted by Gasteiger charge is 2.40. The molecule has 1 aliphatic carbocycles. The van der Waals surface area contributed by atoms with Crippen LogP contribution in [-0.2, 0) is 16.1 Å². The van der Waals surface area contributed by atoms with Gasteiger partial charge in [-0.2, -0.15) is 0 Å². The van der Waals surface area contributed by atoms with E-state index in [0.29, 0.717) is 23.5 Å². The van der Waals surface area contributed by atoms with Crippen LogP contribution in [0.5, 0.6) is 5.75 Å². The molecule has 5 nitrogen and oxygen atoms in total. The summed E-state index contributed by atoms with van der Waals surface area (Å²) < 4.78 is 19.5. The lowest BCUT2D eigenvalue weighted by atomic mass is 9.75. The summed E-state index contributed by atoms with van der Waals surface area (Å²) in [5, 5.41) is 3.06. The number of carbonyl (C=O) groups excluding carboxylic acids is 2. The molecule has 5 rings (SSSR count). The van der Waals surface area contributed by atoms with Crippen molar-refractivity contribution in [2.45, 2.75) is 50.6 Å². The van der Waals surface area contributed by atoms with Gasteiger partial charge in [-0.05, 0) is 71.8 Å². The van der Waals surface area contributed by atoms with Crippen LogP contribution in [0.1, 0.15) is 60.8 Å². The SMILES string of the molecule is COc1ccc([C@H](C(=O)NCc2ccccc2)N(C(=O)[C@@H](c2ccccc2)C2CCCCC2)c2ccc(F)cc2)cc1. The van der Waals surface area contributed by atoms with E-state index in [2.05, 4.69) is 5.32 Å². The first-order chi connectivity index (χ1) is 20.5. The monoisotopic (exact) mass is 564 g/mol. The van der Waals surface area contributed by atoms with Crippen molar-refractivity contribution < 1.29 is 18.7 Å². The van der Waals surface area contributed by atoms with E-state index in [0.717, 1.165) is 43.2 Å². The lowest BCUT2D eigenvalue weighted by molar-refractivity contribution is -0.128. The Hall–Kier alpha value is -4.45. The second-order valence-electron chi connectivity index (χ2n) is 10.9. The van der Waals surface area contributed by atoms with Crippen molar-refractivity contribution in [2.24, 2.45) is 5.92 Å². The predicted octanol–water partition coefficient (Wildman–Crippen LogP) is 7.59. The van der Waals surface area contributed by atoms with E-state index in [1.54, 1.807) is 36.3 Å². The van der Waals surface area contributed by atoms with E-state index in [-0.39, 0.29) is 17.7 Å². The van der Waals surface area contributed by atoms with E-state index < -0.39 is 17.8 Å². The van der Waals surface area contributed by atoms with E-state index in [1.807, 2.05) is 72.8 Å². The summed E-state index contributed by atoms with van der Waals surface area (Å²) in [4.78, 5) is 30.7. The summed E-state index contributed by atoms with van der Waals surface area (Å²) in [5.74, 6) is -0.564. The zero-order valence-corrected chi connectivity index (χ0v) is 23.9. The molecule has 2 atom stereocenters. The molecule has 0 spiro atoms. The quantitative estimate of drug-likeness (QED) is 0.216. The Morgan fingerprint density at radius 2 is 1.43 bits per heavy atom. The predicted molar refractivity (Wildman–Crippen MR) is 164 cm³/mol. The number of nitrogens with zero attached hydrogens (tertiary/aromatic N) is 1. The number of benzene rings is 4. The van der Waals surface area contributed by atoms with Gasteiger partial charge in [-0.15, -0.1) is 0 Å². The molecule has 216 valence electrons. The maximum absolute atomic E-state index is 15.0. The lowest BCUT2D eigenvalue weighted by Gasteiger charge is -2.37. The number of amides is 2. The summed E-state index contributed by atoms with van der Waals surface area (Å²) in [6.45, 7) is 0.308. The summed E-state index contributed by atoms with van der Waals surface area (Å²) in [7, 11) is 1.59. The average Bonchev–Trinajstić information content (AvgIpc) is 3.05. The number of nitrogens with one attached hydrogen (secondary N) is 1. The highest BCUT2D eigenvalue weighted by molar-refractivity contribution is 6.04. The lowest BCUT2D eigenvalue weighted by Crippen LogP contribution is -2.47. The zero-order chi connectivity index (χ0) is 29.3. The number of carbonyl (C=O) groups is 2. The molecule has 2 amide bonds. The van der Waals surface area contributed by atoms with Crippen LogP contribution in [0.2, 0.25) is 0 Å². The molecular formula is C36H37FN2O3. The van der Waals surface area contributed by atoms with Crippen molar-refractivity contribution >= 4 is 17.5 Å². The molecule has 0 saturated heterocycles. The van der Waals surface area contributed by atoms with E-state index in [4.69, 9.17) is 4.74 Å². The summed E-state index contributed by atoms with van der Waals surface area (Å²) in [6, 6.07) is 31.5. The van der Waals surface area contributed by atoms with Crippen LogP contribution in [0, 0.1) is 11.7 Å². The first kappa shape index (κ1) is 29.1. The molecule has 0 aliphatic heterocycles. The van der Waals surface area contributed by atoms with Gasteiger partial charge in [0.1, 0.15) is 17.6 Å². The minimum Gasteiger partial charge on any atom is -0.497 e. The van der Waals surface area contributed by atoms with Crippen molar-refractivity contribution in [3.05, 3.63) is 132 Å². The molecule has 42 heavy (non-hydrogen) atoms. The molecule has 0 unspecified atom stereocenters. The fraction of sp³-hybridized carbons (Fsp3) is 0.278. The van der Waals surface area contributed by atoms with Crippen molar-refractivity contribution in [1.29, 1.82) is 0 Å². The Morgan fingerprint density at radius 3 is 2.05 bits per heavy atom. The van der Waals surface area contributed by atoms with Crippen LogP contribution in [0.4, 0.5) is 10.1 Å². The van der Waals surface area contributed by atoms with Crippen molar-refractivity contribution in [2.75, 3.05) is 12.0 Å². The Kier molecular flexibility index (Phi) is 9.65. The normalized spacial score (nSPS) is 14.9. The molecular weight excluding hydrogens is 527 g/mol. The second kappa shape index (κ2) is 13.9. The van der Waals surface area contributed by atoms with Gasteiger partial charge in [-0.25, -0.2) is 4.39 Å². The van der Waals surface area contributed by atoms with Gasteiger partial charge >= 0.3 is 0 Å². The van der Waals surface area contributed by atoms with Crippen LogP contribution in [0.3, 0.4) is 0 Å². The molecule has 1 aliphatic rings. The molecule has 4 aromatic rings. The van der Waals surface area contributed by atoms with Crippen molar-refractivity contribution in [1.82, 2.24) is 5.32 Å². The summed E-state index contributed by atoms with van der Waals surface area (Å²) >= 11 is 0. The number of hydrogen-bond donors (Lipinski definition) is 1. The molecule has 6 heteroatoms. The number of rotatable bonds is 10. The Balaban J connectivity index is 1.61. The standard InChI is InChI=1S/C36H37FN2O3/c1-42-32-23-17-29(18-24-32)34(35(40)38-25-26-11-5-2-6-12-26)39(31-21-19-30(37)20-22-31)36(41)33(27-13-7-3-8-14-27)28-15-9-4-10-16-28/h2-3,5-8,11-14,17-24,28,33-34H,4,9-10,15-16,25H2,1H3,(H,38,40)/t33-,34+/m0/s1. The minimum atomic E-state index is -0.993. The molecule has 0 heterocycles. The molecule has 4 aromatic carbocycles. The maximum Gasteiger partial charge on any atom is 0.248 e. The number of methoxy groups -OCH3 is 1. The number of halogens is 1. The fourth-order valence-electron chi connectivity index (χ4n) is 5.98. The molecule has 0 bridgehead atoms. The third-order valence-electron chi connectivity index (χ3n) is 8.14. The average molecular weight is 565 g/mol. The van der Waals surface area contributed by atoms with Gasteiger partial charge in [0.05, 0.1) is 13.0 Å². The van der Waals surface area contributed by atoms with Crippen LogP contribution >= 0.6 is 0 Å². The first-order valence-corrected chi connectivity index (χ1v) is 14.6. The van der Waals surface area contributed by atoms with E-state index in [1.165, 1.54) is 12.1 Å². The van der Waals surface area contributed by atoms with E-state index in [9.17, 15) is 14.0 Å². The molecule has 0 aromatic heterocycles. The first-order valence-electron chi connectivity index (χ1n) is 14.6. The van der Waals surface area contributed by atoms with Crippen molar-refractivity contribution in [3.8, 4) is 5.75 Å². The maximum atomic E-state index is 15.0. The Morgan fingerprint density at radius 1 is 0.810 bits per heavy atom. The Bertz CT molecular complexity index is 1440. The van der Waals surface area contributed by atoms with Gasteiger partial charge in [-0.1, -0.05) is 92.1 Å². The molecule has 1 N–H and O–H groups in total. The van der Waals surface area contributed by atoms with Gasteiger partial charge in [0.2, 0.25) is 11.8 Å². The third kappa shape index (κ3) is 6.88. The summed E-state index contributed by atoms with van der Waals surface area (Å²) in [6.07, 6.45) is 5.17. The van der Waals surface area contributed by atoms with Gasteiger partial charge < -0.3 is 10.1 Å².